The second-order valence-corrected chi connectivity index (χ2v) is 6.38. The third-order valence-electron chi connectivity index (χ3n) is 4.17. The van der Waals surface area contributed by atoms with Crippen LogP contribution >= 0.6 is 0 Å². The molecule has 0 heterocycles. The predicted molar refractivity (Wildman–Crippen MR) is 115 cm³/mol. The Kier molecular flexibility index (Phi) is 8.23. The molecule has 3 aromatic rings. The molecule has 3 rings (SSSR count). The van der Waals surface area contributed by atoms with Gasteiger partial charge in [0.15, 0.2) is 0 Å². The number of benzene rings is 3. The first-order chi connectivity index (χ1) is 14.3. The highest BCUT2D eigenvalue weighted by Crippen LogP contribution is 2.19. The van der Waals surface area contributed by atoms with Crippen LogP contribution in [0.5, 0.6) is 17.2 Å². The molecule has 0 radical (unpaired) electrons. The van der Waals surface area contributed by atoms with Crippen molar-refractivity contribution in [1.82, 2.24) is 0 Å². The van der Waals surface area contributed by atoms with Crippen molar-refractivity contribution in [3.8, 4) is 17.2 Å². The molecule has 0 spiro atoms. The van der Waals surface area contributed by atoms with Gasteiger partial charge in [0.2, 0.25) is 0 Å². The molecule has 0 amide bonds. The number of anilines is 1. The molecular weight excluding hydrogens is 366 g/mol. The van der Waals surface area contributed by atoms with Gasteiger partial charge in [-0.25, -0.2) is 0 Å². The van der Waals surface area contributed by atoms with Crippen molar-refractivity contribution in [2.24, 2.45) is 0 Å². The maximum absolute atomic E-state index is 5.79. The zero-order chi connectivity index (χ0) is 20.2. The molecule has 5 heteroatoms. The van der Waals surface area contributed by atoms with E-state index in [1.807, 2.05) is 66.7 Å². The number of rotatable bonds is 12. The molecule has 3 aromatic carbocycles. The van der Waals surface area contributed by atoms with Gasteiger partial charge in [0.25, 0.3) is 0 Å². The number of ether oxygens (including phenoxy) is 4. The fraction of sp³-hybridized carbons (Fsp3) is 0.250. The van der Waals surface area contributed by atoms with Crippen LogP contribution in [0.15, 0.2) is 78.9 Å². The second kappa shape index (κ2) is 11.6. The molecule has 0 bridgehead atoms. The molecule has 0 aliphatic rings. The highest BCUT2D eigenvalue weighted by molar-refractivity contribution is 5.48. The van der Waals surface area contributed by atoms with Crippen molar-refractivity contribution in [2.75, 3.05) is 38.9 Å². The summed E-state index contributed by atoms with van der Waals surface area (Å²) in [4.78, 5) is 0. The van der Waals surface area contributed by atoms with Crippen LogP contribution in [0.2, 0.25) is 0 Å². The monoisotopic (exact) mass is 393 g/mol. The van der Waals surface area contributed by atoms with Gasteiger partial charge < -0.3 is 24.3 Å². The van der Waals surface area contributed by atoms with Gasteiger partial charge in [-0.15, -0.1) is 0 Å². The van der Waals surface area contributed by atoms with Crippen LogP contribution in [0.25, 0.3) is 0 Å². The average molecular weight is 393 g/mol. The van der Waals surface area contributed by atoms with Crippen LogP contribution in [0, 0.1) is 0 Å². The number of para-hydroxylation sites is 1. The Morgan fingerprint density at radius 3 is 1.97 bits per heavy atom. The Morgan fingerprint density at radius 1 is 0.621 bits per heavy atom. The van der Waals surface area contributed by atoms with Gasteiger partial charge >= 0.3 is 0 Å². The molecule has 0 unspecified atom stereocenters. The van der Waals surface area contributed by atoms with E-state index in [-0.39, 0.29) is 0 Å². The van der Waals surface area contributed by atoms with Crippen LogP contribution in [0.4, 0.5) is 5.69 Å². The summed E-state index contributed by atoms with van der Waals surface area (Å²) in [5, 5.41) is 3.42. The normalized spacial score (nSPS) is 10.4. The zero-order valence-electron chi connectivity index (χ0n) is 16.7. The van der Waals surface area contributed by atoms with Crippen molar-refractivity contribution in [3.63, 3.8) is 0 Å². The minimum Gasteiger partial charge on any atom is -0.491 e. The van der Waals surface area contributed by atoms with Gasteiger partial charge in [0.1, 0.15) is 37.1 Å². The first-order valence-electron chi connectivity index (χ1n) is 9.69. The highest BCUT2D eigenvalue weighted by atomic mass is 16.5. The predicted octanol–water partition coefficient (Wildman–Crippen LogP) is 4.78. The largest absolute Gasteiger partial charge is 0.491 e. The number of hydrogen-bond acceptors (Lipinski definition) is 5. The van der Waals surface area contributed by atoms with Crippen molar-refractivity contribution >= 4 is 5.69 Å². The maximum Gasteiger partial charge on any atom is 0.122 e. The smallest absolute Gasteiger partial charge is 0.122 e. The zero-order valence-corrected chi connectivity index (χ0v) is 16.7. The average Bonchev–Trinajstić information content (AvgIpc) is 2.77. The topological polar surface area (TPSA) is 49.0 Å². The number of methoxy groups -OCH3 is 1. The maximum atomic E-state index is 5.79. The van der Waals surface area contributed by atoms with E-state index < -0.39 is 0 Å². The lowest BCUT2D eigenvalue weighted by molar-refractivity contribution is 0.146. The van der Waals surface area contributed by atoms with Gasteiger partial charge in [-0.05, 0) is 42.0 Å². The number of nitrogens with one attached hydrogen (secondary N) is 1. The number of hydrogen-bond donors (Lipinski definition) is 1. The standard InChI is InChI=1S/C24H27NO4/c1-26-14-15-27-23-12-10-20(11-13-23)19-25-21-6-5-9-24(18-21)29-17-16-28-22-7-3-2-4-8-22/h2-13,18,25H,14-17,19H2,1H3. The Morgan fingerprint density at radius 2 is 1.24 bits per heavy atom. The molecule has 0 aromatic heterocycles. The van der Waals surface area contributed by atoms with Crippen molar-refractivity contribution < 1.29 is 18.9 Å². The SMILES string of the molecule is COCCOc1ccc(CNc2cccc(OCCOc3ccccc3)c2)cc1. The van der Waals surface area contributed by atoms with E-state index in [4.69, 9.17) is 18.9 Å². The summed E-state index contributed by atoms with van der Waals surface area (Å²) in [5.74, 6) is 2.51. The van der Waals surface area contributed by atoms with Gasteiger partial charge in [-0.2, -0.15) is 0 Å². The first kappa shape index (κ1) is 20.6. The third kappa shape index (κ3) is 7.39. The summed E-state index contributed by atoms with van der Waals surface area (Å²) in [5.41, 5.74) is 2.18. The molecule has 0 saturated heterocycles. The lowest BCUT2D eigenvalue weighted by Crippen LogP contribution is -2.09. The molecule has 1 N–H and O–H groups in total. The van der Waals surface area contributed by atoms with Crippen molar-refractivity contribution in [2.45, 2.75) is 6.54 Å². The van der Waals surface area contributed by atoms with Crippen molar-refractivity contribution in [3.05, 3.63) is 84.4 Å². The molecule has 0 saturated carbocycles. The minimum atomic E-state index is 0.489. The molecule has 152 valence electrons. The van der Waals surface area contributed by atoms with Crippen LogP contribution in [-0.2, 0) is 11.3 Å². The summed E-state index contributed by atoms with van der Waals surface area (Å²) in [7, 11) is 1.66. The summed E-state index contributed by atoms with van der Waals surface area (Å²) in [6.45, 7) is 2.85. The molecular formula is C24H27NO4. The summed E-state index contributed by atoms with van der Waals surface area (Å²) < 4.78 is 22.0. The van der Waals surface area contributed by atoms with E-state index in [1.165, 1.54) is 5.56 Å². The van der Waals surface area contributed by atoms with Gasteiger partial charge in [-0.1, -0.05) is 36.4 Å². The Bertz CT molecular complexity index is 837. The molecule has 5 nitrogen and oxygen atoms in total. The lowest BCUT2D eigenvalue weighted by Gasteiger charge is -2.11. The van der Waals surface area contributed by atoms with Crippen LogP contribution in [0.1, 0.15) is 5.56 Å². The van der Waals surface area contributed by atoms with Gasteiger partial charge in [0, 0.05) is 25.4 Å². The van der Waals surface area contributed by atoms with E-state index >= 15 is 0 Å². The molecule has 0 aliphatic heterocycles. The van der Waals surface area contributed by atoms with Gasteiger partial charge in [0.05, 0.1) is 6.61 Å². The van der Waals surface area contributed by atoms with E-state index in [0.717, 1.165) is 29.5 Å². The highest BCUT2D eigenvalue weighted by Gasteiger charge is 2.00. The first-order valence-corrected chi connectivity index (χ1v) is 9.69. The molecule has 29 heavy (non-hydrogen) atoms. The summed E-state index contributed by atoms with van der Waals surface area (Å²) in [6, 6.07) is 25.7. The minimum absolute atomic E-state index is 0.489. The van der Waals surface area contributed by atoms with Crippen molar-refractivity contribution in [1.29, 1.82) is 0 Å². The Hall–Kier alpha value is -3.18. The van der Waals surface area contributed by atoms with E-state index in [9.17, 15) is 0 Å². The van der Waals surface area contributed by atoms with E-state index in [1.54, 1.807) is 7.11 Å². The third-order valence-corrected chi connectivity index (χ3v) is 4.17. The summed E-state index contributed by atoms with van der Waals surface area (Å²) in [6.07, 6.45) is 0. The lowest BCUT2D eigenvalue weighted by atomic mass is 10.2. The van der Waals surface area contributed by atoms with E-state index in [2.05, 4.69) is 17.4 Å². The molecule has 0 aliphatic carbocycles. The van der Waals surface area contributed by atoms with Crippen LogP contribution in [0.3, 0.4) is 0 Å². The summed E-state index contributed by atoms with van der Waals surface area (Å²) >= 11 is 0. The Labute approximate surface area is 172 Å². The fourth-order valence-corrected chi connectivity index (χ4v) is 2.68. The molecule has 0 atom stereocenters. The Balaban J connectivity index is 1.41. The van der Waals surface area contributed by atoms with Crippen LogP contribution < -0.4 is 19.5 Å². The van der Waals surface area contributed by atoms with E-state index in [0.29, 0.717) is 26.4 Å². The van der Waals surface area contributed by atoms with Crippen LogP contribution in [-0.4, -0.2) is 33.5 Å². The second-order valence-electron chi connectivity index (χ2n) is 6.38. The molecule has 0 fully saturated rings. The fourth-order valence-electron chi connectivity index (χ4n) is 2.68. The van der Waals surface area contributed by atoms with Gasteiger partial charge in [-0.3, -0.25) is 0 Å². The quantitative estimate of drug-likeness (QED) is 0.449.